The van der Waals surface area contributed by atoms with Gasteiger partial charge in [-0.3, -0.25) is 14.7 Å². The Kier molecular flexibility index (Phi) is 13.8. The number of aryl methyl sites for hydroxylation is 4. The standard InChI is InChI=1S/C20H23F3N4O2.C15H15F3N4.C2HF3O2/c1-19(2,3)29-18(28)26-17-11-24-16-7-6-13(9-15(16)17)5-4-8-27-12-14(10-25-27)20(21,22)23;16-15(17,18)11-7-21-22(9-11)5-1-2-10-3-4-14-12(6-10)13(19)8-20-14;3-2(4,5)1(6)7/h6-7,9-12,24H,4-5,8H2,1-3H3,(H,26,28);3-4,6-9,20H,1-2,5,19H2;(H,6,7). The zero-order chi connectivity index (χ0) is 43.1. The summed E-state index contributed by atoms with van der Waals surface area (Å²) < 4.78 is 115. The molecule has 0 bridgehead atoms. The summed E-state index contributed by atoms with van der Waals surface area (Å²) in [6.07, 6.45) is -4.42. The first-order chi connectivity index (χ1) is 26.9. The summed E-state index contributed by atoms with van der Waals surface area (Å²) in [6, 6.07) is 11.7. The van der Waals surface area contributed by atoms with Gasteiger partial charge >= 0.3 is 30.6 Å². The van der Waals surface area contributed by atoms with Crippen molar-refractivity contribution in [1.29, 1.82) is 0 Å². The minimum Gasteiger partial charge on any atom is -0.475 e. The fourth-order valence-corrected chi connectivity index (χ4v) is 5.34. The Morgan fingerprint density at radius 3 is 1.64 bits per heavy atom. The van der Waals surface area contributed by atoms with Crippen LogP contribution in [0, 0.1) is 0 Å². The summed E-state index contributed by atoms with van der Waals surface area (Å²) in [4.78, 5) is 27.1. The number of ether oxygens (including phenoxy) is 1. The molecule has 0 spiro atoms. The van der Waals surface area contributed by atoms with Gasteiger partial charge in [-0.1, -0.05) is 12.1 Å². The van der Waals surface area contributed by atoms with Gasteiger partial charge in [0.25, 0.3) is 0 Å². The summed E-state index contributed by atoms with van der Waals surface area (Å²) in [7, 11) is 0. The molecule has 0 unspecified atom stereocenters. The number of carboxylic acid groups (broad SMARTS) is 1. The SMILES string of the molecule is CC(C)(C)OC(=O)Nc1c[nH]c2ccc(CCCn3cc(C(F)(F)F)cn3)cc12.Nc1c[nH]c2ccc(CCCn3cc(C(F)(F)F)cn3)cc12.O=C(O)C(F)(F)F. The third kappa shape index (κ3) is 13.2. The second-order valence-corrected chi connectivity index (χ2v) is 13.8. The zero-order valence-corrected chi connectivity index (χ0v) is 31.1. The average molecular weight is 831 g/mol. The van der Waals surface area contributed by atoms with Gasteiger partial charge in [0, 0.05) is 59.7 Å². The first kappa shape index (κ1) is 44.6. The molecule has 6 rings (SSSR count). The van der Waals surface area contributed by atoms with Gasteiger partial charge in [-0.05, 0) is 81.8 Å². The minimum atomic E-state index is -5.08. The van der Waals surface area contributed by atoms with Crippen molar-refractivity contribution < 1.29 is 58.9 Å². The number of nitrogens with two attached hydrogens (primary N) is 1. The van der Waals surface area contributed by atoms with Crippen LogP contribution in [0.5, 0.6) is 0 Å². The number of aliphatic carboxylic acids is 1. The monoisotopic (exact) mass is 830 g/mol. The number of nitrogens with one attached hydrogen (secondary N) is 3. The summed E-state index contributed by atoms with van der Waals surface area (Å²) in [5, 5.41) is 19.2. The van der Waals surface area contributed by atoms with Gasteiger partial charge in [0.15, 0.2) is 0 Å². The number of aromatic amines is 2. The number of H-pyrrole nitrogens is 2. The summed E-state index contributed by atoms with van der Waals surface area (Å²) in [6.45, 7) is 6.19. The molecule has 21 heteroatoms. The lowest BCUT2D eigenvalue weighted by Crippen LogP contribution is -2.27. The highest BCUT2D eigenvalue weighted by Gasteiger charge is 2.38. The van der Waals surface area contributed by atoms with Gasteiger partial charge in [-0.15, -0.1) is 0 Å². The Hall–Kier alpha value is -6.15. The van der Waals surface area contributed by atoms with Crippen LogP contribution in [0.2, 0.25) is 0 Å². The van der Waals surface area contributed by atoms with Crippen LogP contribution in [0.25, 0.3) is 21.8 Å². The number of amides is 1. The van der Waals surface area contributed by atoms with E-state index in [-0.39, 0.29) is 0 Å². The lowest BCUT2D eigenvalue weighted by molar-refractivity contribution is -0.192. The van der Waals surface area contributed by atoms with E-state index in [1.165, 1.54) is 9.36 Å². The van der Waals surface area contributed by atoms with Crippen molar-refractivity contribution in [2.75, 3.05) is 11.1 Å². The Labute approximate surface area is 324 Å². The number of alkyl halides is 9. The van der Waals surface area contributed by atoms with Gasteiger partial charge in [-0.2, -0.15) is 49.7 Å². The van der Waals surface area contributed by atoms with Gasteiger partial charge in [-0.25, -0.2) is 9.59 Å². The molecule has 0 fully saturated rings. The lowest BCUT2D eigenvalue weighted by atomic mass is 10.1. The highest BCUT2D eigenvalue weighted by Crippen LogP contribution is 2.30. The van der Waals surface area contributed by atoms with E-state index in [1.807, 2.05) is 36.4 Å². The van der Waals surface area contributed by atoms with Crippen molar-refractivity contribution in [3.8, 4) is 0 Å². The molecule has 6 N–H and O–H groups in total. The molecule has 314 valence electrons. The van der Waals surface area contributed by atoms with Gasteiger partial charge < -0.3 is 25.5 Å². The van der Waals surface area contributed by atoms with Crippen LogP contribution >= 0.6 is 0 Å². The molecule has 58 heavy (non-hydrogen) atoms. The van der Waals surface area contributed by atoms with E-state index in [0.717, 1.165) is 64.1 Å². The topological polar surface area (TPSA) is 169 Å². The molecule has 6 aromatic rings. The van der Waals surface area contributed by atoms with Crippen LogP contribution in [0.1, 0.15) is 55.9 Å². The number of benzene rings is 2. The number of rotatable bonds is 9. The number of hydrogen-bond acceptors (Lipinski definition) is 6. The van der Waals surface area contributed by atoms with E-state index in [9.17, 15) is 44.3 Å². The predicted octanol–water partition coefficient (Wildman–Crippen LogP) is 9.59. The van der Waals surface area contributed by atoms with Crippen molar-refractivity contribution in [1.82, 2.24) is 29.5 Å². The second-order valence-electron chi connectivity index (χ2n) is 13.8. The molecule has 0 atom stereocenters. The third-order valence-corrected chi connectivity index (χ3v) is 8.03. The fraction of sp³-hybridized carbons (Fsp3) is 0.351. The Morgan fingerprint density at radius 2 is 1.21 bits per heavy atom. The molecule has 2 aromatic carbocycles. The second kappa shape index (κ2) is 18.0. The molecule has 4 heterocycles. The van der Waals surface area contributed by atoms with Crippen LogP contribution in [0.3, 0.4) is 0 Å². The minimum absolute atomic E-state index is 0.379. The maximum atomic E-state index is 12.6. The lowest BCUT2D eigenvalue weighted by Gasteiger charge is -2.19. The van der Waals surface area contributed by atoms with E-state index in [1.54, 1.807) is 33.2 Å². The number of carboxylic acids is 1. The smallest absolute Gasteiger partial charge is 0.475 e. The van der Waals surface area contributed by atoms with Crippen molar-refractivity contribution >= 4 is 45.2 Å². The Balaban J connectivity index is 0.000000226. The fourth-order valence-electron chi connectivity index (χ4n) is 5.34. The number of hydrogen-bond donors (Lipinski definition) is 5. The van der Waals surface area contributed by atoms with Crippen molar-refractivity contribution in [3.05, 3.63) is 95.8 Å². The van der Waals surface area contributed by atoms with E-state index < -0.39 is 47.3 Å². The third-order valence-electron chi connectivity index (χ3n) is 8.03. The maximum Gasteiger partial charge on any atom is 0.490 e. The molecule has 0 aliphatic carbocycles. The van der Waals surface area contributed by atoms with Crippen molar-refractivity contribution in [3.63, 3.8) is 0 Å². The van der Waals surface area contributed by atoms with E-state index >= 15 is 0 Å². The first-order valence-electron chi connectivity index (χ1n) is 17.3. The van der Waals surface area contributed by atoms with E-state index in [2.05, 4.69) is 25.5 Å². The molecule has 1 amide bonds. The number of halogens is 9. The molecule has 0 saturated heterocycles. The van der Waals surface area contributed by atoms with Crippen molar-refractivity contribution in [2.45, 2.75) is 83.7 Å². The molecule has 12 nitrogen and oxygen atoms in total. The summed E-state index contributed by atoms with van der Waals surface area (Å²) in [5.74, 6) is -2.76. The van der Waals surface area contributed by atoms with Crippen molar-refractivity contribution in [2.24, 2.45) is 0 Å². The summed E-state index contributed by atoms with van der Waals surface area (Å²) in [5.41, 5.74) is 9.05. The van der Waals surface area contributed by atoms with Crippen LogP contribution in [-0.4, -0.2) is 58.5 Å². The number of fused-ring (bicyclic) bond motifs is 2. The van der Waals surface area contributed by atoms with Crippen LogP contribution < -0.4 is 11.1 Å². The van der Waals surface area contributed by atoms with E-state index in [0.29, 0.717) is 43.7 Å². The first-order valence-corrected chi connectivity index (χ1v) is 17.3. The van der Waals surface area contributed by atoms with Gasteiger partial charge in [0.05, 0.1) is 34.9 Å². The number of carbonyl (C=O) groups excluding carboxylic acids is 1. The molecular weight excluding hydrogens is 791 g/mol. The largest absolute Gasteiger partial charge is 0.490 e. The quantitative estimate of drug-likeness (QED) is 0.0904. The normalized spacial score (nSPS) is 12.1. The highest BCUT2D eigenvalue weighted by atomic mass is 19.4. The molecule has 4 aromatic heterocycles. The Bertz CT molecular complexity index is 2290. The highest BCUT2D eigenvalue weighted by molar-refractivity contribution is 5.99. The van der Waals surface area contributed by atoms with Crippen LogP contribution in [0.15, 0.2) is 73.6 Å². The molecular formula is C37H39F9N8O4. The number of carbonyl (C=O) groups is 2. The maximum absolute atomic E-state index is 12.6. The van der Waals surface area contributed by atoms with Gasteiger partial charge in [0.2, 0.25) is 0 Å². The number of nitrogen functional groups attached to an aromatic ring is 1. The molecule has 0 aliphatic rings. The average Bonchev–Trinajstić information content (AvgIpc) is 3.92. The Morgan fingerprint density at radius 1 is 0.759 bits per heavy atom. The van der Waals surface area contributed by atoms with Crippen LogP contribution in [0.4, 0.5) is 55.7 Å². The number of anilines is 2. The zero-order valence-electron chi connectivity index (χ0n) is 31.1. The predicted molar refractivity (Wildman–Crippen MR) is 196 cm³/mol. The van der Waals surface area contributed by atoms with Crippen LogP contribution in [-0.2, 0) is 47.8 Å². The summed E-state index contributed by atoms with van der Waals surface area (Å²) >= 11 is 0. The number of nitrogens with zero attached hydrogens (tertiary/aromatic N) is 4. The van der Waals surface area contributed by atoms with Gasteiger partial charge in [0.1, 0.15) is 5.60 Å². The number of aromatic nitrogens is 6. The van der Waals surface area contributed by atoms with E-state index in [4.69, 9.17) is 20.4 Å². The molecule has 0 saturated carbocycles. The molecule has 0 aliphatic heterocycles. The molecule has 0 radical (unpaired) electrons.